The van der Waals surface area contributed by atoms with E-state index in [2.05, 4.69) is 5.32 Å². The normalized spacial score (nSPS) is 9.16. The molecule has 0 aliphatic carbocycles. The smallest absolute Gasteiger partial charge is 0.302 e. The SMILES string of the molecule is CC(=O)Nc1ccc([N+](=O)[O-])c(COC(C)=O)c1.O. The van der Waals surface area contributed by atoms with Crippen molar-refractivity contribution in [2.75, 3.05) is 5.32 Å². The molecule has 0 heterocycles. The molecule has 1 aromatic rings. The summed E-state index contributed by atoms with van der Waals surface area (Å²) in [6, 6.07) is 4.07. The minimum atomic E-state index is -0.573. The predicted octanol–water partition coefficient (Wildman–Crippen LogP) is 0.792. The third-order valence-electron chi connectivity index (χ3n) is 2.03. The molecule has 0 fully saturated rings. The molecular formula is C11H14N2O6. The number of esters is 1. The number of amides is 1. The van der Waals surface area contributed by atoms with Gasteiger partial charge in [-0.1, -0.05) is 0 Å². The third kappa shape index (κ3) is 5.13. The van der Waals surface area contributed by atoms with Crippen molar-refractivity contribution in [3.05, 3.63) is 33.9 Å². The Labute approximate surface area is 108 Å². The molecule has 1 rings (SSSR count). The molecule has 0 aromatic heterocycles. The van der Waals surface area contributed by atoms with E-state index in [9.17, 15) is 19.7 Å². The van der Waals surface area contributed by atoms with Crippen LogP contribution >= 0.6 is 0 Å². The summed E-state index contributed by atoms with van der Waals surface area (Å²) in [4.78, 5) is 31.8. The van der Waals surface area contributed by atoms with Crippen LogP contribution in [0, 0.1) is 10.1 Å². The predicted molar refractivity (Wildman–Crippen MR) is 66.5 cm³/mol. The van der Waals surface area contributed by atoms with Gasteiger partial charge >= 0.3 is 5.97 Å². The van der Waals surface area contributed by atoms with E-state index in [4.69, 9.17) is 4.74 Å². The number of nitrogens with zero attached hydrogens (tertiary/aromatic N) is 1. The van der Waals surface area contributed by atoms with E-state index in [1.54, 1.807) is 0 Å². The van der Waals surface area contributed by atoms with Gasteiger partial charge < -0.3 is 15.5 Å². The van der Waals surface area contributed by atoms with Crippen LogP contribution in [0.2, 0.25) is 0 Å². The largest absolute Gasteiger partial charge is 0.461 e. The summed E-state index contributed by atoms with van der Waals surface area (Å²) in [7, 11) is 0. The van der Waals surface area contributed by atoms with Crippen molar-refractivity contribution in [1.29, 1.82) is 0 Å². The summed E-state index contributed by atoms with van der Waals surface area (Å²) >= 11 is 0. The second kappa shape index (κ2) is 7.07. The average Bonchev–Trinajstić information content (AvgIpc) is 2.25. The lowest BCUT2D eigenvalue weighted by molar-refractivity contribution is -0.385. The summed E-state index contributed by atoms with van der Waals surface area (Å²) in [5, 5.41) is 13.3. The summed E-state index contributed by atoms with van der Waals surface area (Å²) < 4.78 is 4.72. The highest BCUT2D eigenvalue weighted by Crippen LogP contribution is 2.23. The second-order valence-corrected chi connectivity index (χ2v) is 3.56. The number of nitro groups is 1. The van der Waals surface area contributed by atoms with Crippen molar-refractivity contribution in [3.8, 4) is 0 Å². The van der Waals surface area contributed by atoms with Gasteiger partial charge in [0.25, 0.3) is 5.69 Å². The van der Waals surface area contributed by atoms with Gasteiger partial charge in [0.05, 0.1) is 10.5 Å². The number of hydrogen-bond donors (Lipinski definition) is 1. The fraction of sp³-hybridized carbons (Fsp3) is 0.273. The topological polar surface area (TPSA) is 130 Å². The Balaban J connectivity index is 0.00000324. The lowest BCUT2D eigenvalue weighted by Crippen LogP contribution is -2.08. The van der Waals surface area contributed by atoms with E-state index >= 15 is 0 Å². The molecule has 3 N–H and O–H groups in total. The molecule has 0 aliphatic heterocycles. The molecule has 1 amide bonds. The standard InChI is InChI=1S/C11H12N2O5.H2O/c1-7(14)12-10-3-4-11(13(16)17)9(5-10)6-18-8(2)15;/h3-5H,6H2,1-2H3,(H,12,14);1H2. The third-order valence-corrected chi connectivity index (χ3v) is 2.03. The van der Waals surface area contributed by atoms with E-state index in [0.29, 0.717) is 5.69 Å². The molecule has 0 aliphatic rings. The Bertz CT molecular complexity index is 500. The van der Waals surface area contributed by atoms with Crippen LogP contribution in [-0.2, 0) is 20.9 Å². The average molecular weight is 270 g/mol. The second-order valence-electron chi connectivity index (χ2n) is 3.56. The maximum absolute atomic E-state index is 10.9. The van der Waals surface area contributed by atoms with E-state index in [1.165, 1.54) is 32.0 Å². The molecule has 1 aromatic carbocycles. The van der Waals surface area contributed by atoms with Crippen molar-refractivity contribution in [2.24, 2.45) is 0 Å². The number of carbonyl (C=O) groups excluding carboxylic acids is 2. The van der Waals surface area contributed by atoms with Crippen LogP contribution in [0.1, 0.15) is 19.4 Å². The molecule has 19 heavy (non-hydrogen) atoms. The quantitative estimate of drug-likeness (QED) is 0.491. The number of nitro benzene ring substituents is 1. The Kier molecular flexibility index (Phi) is 6.14. The first-order valence-electron chi connectivity index (χ1n) is 5.08. The van der Waals surface area contributed by atoms with Crippen LogP contribution in [-0.4, -0.2) is 22.3 Å². The minimum Gasteiger partial charge on any atom is -0.461 e. The molecule has 8 heteroatoms. The van der Waals surface area contributed by atoms with E-state index in [0.717, 1.165) is 0 Å². The lowest BCUT2D eigenvalue weighted by atomic mass is 10.1. The molecule has 8 nitrogen and oxygen atoms in total. The summed E-state index contributed by atoms with van der Waals surface area (Å²) in [6.45, 7) is 2.33. The fourth-order valence-corrected chi connectivity index (χ4v) is 1.34. The number of anilines is 1. The molecule has 104 valence electrons. The van der Waals surface area contributed by atoms with Gasteiger partial charge in [-0.05, 0) is 12.1 Å². The highest BCUT2D eigenvalue weighted by atomic mass is 16.6. The molecule has 0 atom stereocenters. The number of carbonyl (C=O) groups is 2. The van der Waals surface area contributed by atoms with Crippen molar-refractivity contribution >= 4 is 23.3 Å². The van der Waals surface area contributed by atoms with Gasteiger partial charge in [0.1, 0.15) is 6.61 Å². The monoisotopic (exact) mass is 270 g/mol. The van der Waals surface area contributed by atoms with Crippen LogP contribution in [0.15, 0.2) is 18.2 Å². The highest BCUT2D eigenvalue weighted by molar-refractivity contribution is 5.88. The molecule has 0 unspecified atom stereocenters. The number of ether oxygens (including phenoxy) is 1. The van der Waals surface area contributed by atoms with Crippen LogP contribution in [0.3, 0.4) is 0 Å². The Morgan fingerprint density at radius 3 is 2.47 bits per heavy atom. The maximum atomic E-state index is 10.9. The van der Waals surface area contributed by atoms with Crippen molar-refractivity contribution in [3.63, 3.8) is 0 Å². The van der Waals surface area contributed by atoms with Crippen LogP contribution in [0.5, 0.6) is 0 Å². The first-order valence-corrected chi connectivity index (χ1v) is 5.08. The van der Waals surface area contributed by atoms with Gasteiger partial charge in [0, 0.05) is 25.6 Å². The molecule has 0 saturated heterocycles. The summed E-state index contributed by atoms with van der Waals surface area (Å²) in [5.41, 5.74) is 0.474. The van der Waals surface area contributed by atoms with Crippen LogP contribution in [0.4, 0.5) is 11.4 Å². The Morgan fingerprint density at radius 2 is 2.00 bits per heavy atom. The molecule has 0 saturated carbocycles. The molecule has 0 radical (unpaired) electrons. The first-order chi connectivity index (χ1) is 8.40. The van der Waals surface area contributed by atoms with Gasteiger partial charge in [0.15, 0.2) is 0 Å². The minimum absolute atomic E-state index is 0. The van der Waals surface area contributed by atoms with Crippen LogP contribution in [0.25, 0.3) is 0 Å². The van der Waals surface area contributed by atoms with Crippen LogP contribution < -0.4 is 5.32 Å². The zero-order valence-electron chi connectivity index (χ0n) is 10.4. The number of hydrogen-bond acceptors (Lipinski definition) is 5. The van der Waals surface area contributed by atoms with Gasteiger partial charge in [-0.15, -0.1) is 0 Å². The Hall–Kier alpha value is -2.48. The zero-order valence-corrected chi connectivity index (χ0v) is 10.4. The molecule has 0 spiro atoms. The van der Waals surface area contributed by atoms with Gasteiger partial charge in [-0.3, -0.25) is 19.7 Å². The number of rotatable bonds is 4. The van der Waals surface area contributed by atoms with Gasteiger partial charge in [-0.25, -0.2) is 0 Å². The van der Waals surface area contributed by atoms with Crippen molar-refractivity contribution < 1.29 is 24.7 Å². The molecule has 0 bridgehead atoms. The number of nitrogens with one attached hydrogen (secondary N) is 1. The lowest BCUT2D eigenvalue weighted by Gasteiger charge is -2.07. The fourth-order valence-electron chi connectivity index (χ4n) is 1.34. The van der Waals surface area contributed by atoms with E-state index < -0.39 is 10.9 Å². The highest BCUT2D eigenvalue weighted by Gasteiger charge is 2.15. The Morgan fingerprint density at radius 1 is 1.37 bits per heavy atom. The maximum Gasteiger partial charge on any atom is 0.302 e. The summed E-state index contributed by atoms with van der Waals surface area (Å²) in [6.07, 6.45) is 0. The van der Waals surface area contributed by atoms with Gasteiger partial charge in [0.2, 0.25) is 5.91 Å². The zero-order chi connectivity index (χ0) is 13.7. The summed E-state index contributed by atoms with van der Waals surface area (Å²) in [5.74, 6) is -0.823. The van der Waals surface area contributed by atoms with E-state index in [1.807, 2.05) is 0 Å². The number of benzene rings is 1. The molecular weight excluding hydrogens is 256 g/mol. The van der Waals surface area contributed by atoms with Gasteiger partial charge in [-0.2, -0.15) is 0 Å². The van der Waals surface area contributed by atoms with E-state index in [-0.39, 0.29) is 29.2 Å². The van der Waals surface area contributed by atoms with Crippen molar-refractivity contribution in [1.82, 2.24) is 0 Å². The first kappa shape index (κ1) is 16.5. The van der Waals surface area contributed by atoms with Crippen molar-refractivity contribution in [2.45, 2.75) is 20.5 Å².